The number of rotatable bonds is 2. The molecule has 3 fully saturated rings. The Kier molecular flexibility index (Phi) is 4.94. The molecule has 3 rings (SSSR count). The van der Waals surface area contributed by atoms with Gasteiger partial charge in [-0.25, -0.2) is 0 Å². The first-order valence-electron chi connectivity index (χ1n) is 8.58. The maximum absolute atomic E-state index is 12.5. The minimum atomic E-state index is 0.347. The number of likely N-dealkylation sites (tertiary alicyclic amines) is 1. The van der Waals surface area contributed by atoms with Gasteiger partial charge in [-0.1, -0.05) is 19.3 Å². The predicted molar refractivity (Wildman–Crippen MR) is 80.6 cm³/mol. The number of piperidine rings is 1. The van der Waals surface area contributed by atoms with Crippen molar-refractivity contribution in [3.8, 4) is 0 Å². The third kappa shape index (κ3) is 3.34. The maximum Gasteiger partial charge on any atom is 0.225 e. The van der Waals surface area contributed by atoms with E-state index in [1.54, 1.807) is 0 Å². The summed E-state index contributed by atoms with van der Waals surface area (Å²) in [6.07, 6.45) is 8.47. The summed E-state index contributed by atoms with van der Waals surface area (Å²) in [4.78, 5) is 17.3. The van der Waals surface area contributed by atoms with Gasteiger partial charge in [-0.2, -0.15) is 0 Å². The normalized spacial score (nSPS) is 27.7. The summed E-state index contributed by atoms with van der Waals surface area (Å²) < 4.78 is 0. The van der Waals surface area contributed by atoms with E-state index in [1.165, 1.54) is 45.2 Å². The maximum atomic E-state index is 12.5. The van der Waals surface area contributed by atoms with Gasteiger partial charge < -0.3 is 10.2 Å². The Balaban J connectivity index is 1.46. The molecule has 1 amide bonds. The molecule has 0 aromatic rings. The van der Waals surface area contributed by atoms with Gasteiger partial charge in [-0.15, -0.1) is 0 Å². The topological polar surface area (TPSA) is 35.6 Å². The van der Waals surface area contributed by atoms with Crippen LogP contribution in [0.15, 0.2) is 0 Å². The average molecular weight is 279 g/mol. The highest BCUT2D eigenvalue weighted by molar-refractivity contribution is 5.79. The van der Waals surface area contributed by atoms with Crippen molar-refractivity contribution in [2.75, 3.05) is 39.3 Å². The van der Waals surface area contributed by atoms with Crippen molar-refractivity contribution in [3.63, 3.8) is 0 Å². The molecule has 0 radical (unpaired) electrons. The molecular weight excluding hydrogens is 250 g/mol. The molecule has 0 aromatic carbocycles. The first-order valence-corrected chi connectivity index (χ1v) is 8.58. The van der Waals surface area contributed by atoms with Gasteiger partial charge in [-0.3, -0.25) is 9.69 Å². The van der Waals surface area contributed by atoms with Crippen molar-refractivity contribution < 1.29 is 4.79 Å². The molecule has 1 aliphatic carbocycles. The molecule has 1 saturated carbocycles. The van der Waals surface area contributed by atoms with E-state index in [0.717, 1.165) is 39.0 Å². The summed E-state index contributed by atoms with van der Waals surface area (Å²) >= 11 is 0. The summed E-state index contributed by atoms with van der Waals surface area (Å²) in [7, 11) is 0. The summed E-state index contributed by atoms with van der Waals surface area (Å²) in [5.74, 6) is 0.808. The molecule has 114 valence electrons. The van der Waals surface area contributed by atoms with Crippen LogP contribution in [0.1, 0.15) is 44.9 Å². The molecule has 3 aliphatic rings. The molecule has 2 heterocycles. The highest BCUT2D eigenvalue weighted by atomic mass is 16.2. The first kappa shape index (κ1) is 14.3. The number of carbonyl (C=O) groups excluding carboxylic acids is 1. The second kappa shape index (κ2) is 6.90. The van der Waals surface area contributed by atoms with Crippen LogP contribution in [0.25, 0.3) is 0 Å². The molecule has 2 aliphatic heterocycles. The number of hydrogen-bond donors (Lipinski definition) is 1. The van der Waals surface area contributed by atoms with Crippen LogP contribution in [0.2, 0.25) is 0 Å². The molecule has 0 unspecified atom stereocenters. The van der Waals surface area contributed by atoms with E-state index in [9.17, 15) is 4.79 Å². The Bertz CT molecular complexity index is 314. The quantitative estimate of drug-likeness (QED) is 0.831. The van der Waals surface area contributed by atoms with Gasteiger partial charge in [0.1, 0.15) is 0 Å². The van der Waals surface area contributed by atoms with Crippen LogP contribution < -0.4 is 5.32 Å². The van der Waals surface area contributed by atoms with E-state index in [4.69, 9.17) is 0 Å². The van der Waals surface area contributed by atoms with Gasteiger partial charge in [-0.05, 0) is 25.7 Å². The van der Waals surface area contributed by atoms with Gasteiger partial charge >= 0.3 is 0 Å². The van der Waals surface area contributed by atoms with E-state index in [2.05, 4.69) is 15.1 Å². The van der Waals surface area contributed by atoms with Crippen molar-refractivity contribution in [2.45, 2.75) is 51.0 Å². The molecule has 20 heavy (non-hydrogen) atoms. The Hall–Kier alpha value is -0.610. The summed E-state index contributed by atoms with van der Waals surface area (Å²) in [5, 5.41) is 3.42. The number of amides is 1. The summed E-state index contributed by atoms with van der Waals surface area (Å²) in [5.41, 5.74) is 0. The Morgan fingerprint density at radius 2 is 1.50 bits per heavy atom. The third-order valence-corrected chi connectivity index (χ3v) is 5.40. The van der Waals surface area contributed by atoms with Crippen LogP contribution in [0.4, 0.5) is 0 Å². The molecule has 0 atom stereocenters. The van der Waals surface area contributed by atoms with Gasteiger partial charge in [0.25, 0.3) is 0 Å². The molecule has 0 aromatic heterocycles. The van der Waals surface area contributed by atoms with Crippen molar-refractivity contribution in [2.24, 2.45) is 5.92 Å². The Morgan fingerprint density at radius 1 is 0.850 bits per heavy atom. The highest BCUT2D eigenvalue weighted by Crippen LogP contribution is 2.27. The zero-order valence-electron chi connectivity index (χ0n) is 12.6. The van der Waals surface area contributed by atoms with E-state index in [1.807, 2.05) is 0 Å². The van der Waals surface area contributed by atoms with Crippen molar-refractivity contribution in [1.29, 1.82) is 0 Å². The molecular formula is C16H29N3O. The lowest BCUT2D eigenvalue weighted by Gasteiger charge is -2.41. The summed E-state index contributed by atoms with van der Waals surface area (Å²) in [6.45, 7) is 6.60. The standard InChI is InChI=1S/C16H29N3O/c20-16(14-4-2-1-3-5-14)19-10-6-15(7-11-19)18-12-8-17-9-13-18/h14-15,17H,1-13H2. The summed E-state index contributed by atoms with van der Waals surface area (Å²) in [6, 6.07) is 0.715. The van der Waals surface area contributed by atoms with Crippen LogP contribution in [0, 0.1) is 5.92 Å². The minimum absolute atomic E-state index is 0.347. The lowest BCUT2D eigenvalue weighted by atomic mass is 9.87. The van der Waals surface area contributed by atoms with Crippen molar-refractivity contribution in [1.82, 2.24) is 15.1 Å². The zero-order chi connectivity index (χ0) is 13.8. The van der Waals surface area contributed by atoms with Gasteiger partial charge in [0.2, 0.25) is 5.91 Å². The monoisotopic (exact) mass is 279 g/mol. The number of hydrogen-bond acceptors (Lipinski definition) is 3. The number of carbonyl (C=O) groups is 1. The molecule has 0 bridgehead atoms. The number of nitrogens with zero attached hydrogens (tertiary/aromatic N) is 2. The Labute approximate surface area is 122 Å². The SMILES string of the molecule is O=C(C1CCCCC1)N1CCC(N2CCNCC2)CC1. The highest BCUT2D eigenvalue weighted by Gasteiger charge is 2.31. The molecule has 4 heteroatoms. The fourth-order valence-corrected chi connectivity index (χ4v) is 4.11. The van der Waals surface area contributed by atoms with Crippen LogP contribution in [-0.2, 0) is 4.79 Å². The van der Waals surface area contributed by atoms with Crippen LogP contribution in [-0.4, -0.2) is 61.0 Å². The zero-order valence-corrected chi connectivity index (χ0v) is 12.6. The minimum Gasteiger partial charge on any atom is -0.342 e. The lowest BCUT2D eigenvalue weighted by Crippen LogP contribution is -2.53. The second-order valence-electron chi connectivity index (χ2n) is 6.68. The van der Waals surface area contributed by atoms with Gasteiger partial charge in [0, 0.05) is 51.2 Å². The first-order chi connectivity index (χ1) is 9.84. The molecule has 0 spiro atoms. The largest absolute Gasteiger partial charge is 0.342 e. The fourth-order valence-electron chi connectivity index (χ4n) is 4.11. The van der Waals surface area contributed by atoms with E-state index >= 15 is 0 Å². The number of piperazine rings is 1. The van der Waals surface area contributed by atoms with E-state index in [-0.39, 0.29) is 0 Å². The van der Waals surface area contributed by atoms with Crippen LogP contribution >= 0.6 is 0 Å². The van der Waals surface area contributed by atoms with Crippen LogP contribution in [0.3, 0.4) is 0 Å². The van der Waals surface area contributed by atoms with Gasteiger partial charge in [0.15, 0.2) is 0 Å². The molecule has 1 N–H and O–H groups in total. The van der Waals surface area contributed by atoms with Crippen molar-refractivity contribution >= 4 is 5.91 Å². The number of nitrogens with one attached hydrogen (secondary N) is 1. The smallest absolute Gasteiger partial charge is 0.225 e. The molecule has 2 saturated heterocycles. The fraction of sp³-hybridized carbons (Fsp3) is 0.938. The van der Waals surface area contributed by atoms with Crippen LogP contribution in [0.5, 0.6) is 0 Å². The van der Waals surface area contributed by atoms with E-state index in [0.29, 0.717) is 17.9 Å². The van der Waals surface area contributed by atoms with Gasteiger partial charge in [0.05, 0.1) is 0 Å². The molecule has 4 nitrogen and oxygen atoms in total. The third-order valence-electron chi connectivity index (χ3n) is 5.40. The Morgan fingerprint density at radius 3 is 2.15 bits per heavy atom. The second-order valence-corrected chi connectivity index (χ2v) is 6.68. The predicted octanol–water partition coefficient (Wildman–Crippen LogP) is 1.46. The van der Waals surface area contributed by atoms with Crippen molar-refractivity contribution in [3.05, 3.63) is 0 Å². The average Bonchev–Trinajstić information content (AvgIpc) is 2.56. The lowest BCUT2D eigenvalue weighted by molar-refractivity contribution is -0.138. The van der Waals surface area contributed by atoms with E-state index < -0.39 is 0 Å².